The second-order valence-corrected chi connectivity index (χ2v) is 6.65. The fourth-order valence-electron chi connectivity index (χ4n) is 2.90. The Morgan fingerprint density at radius 2 is 2.04 bits per heavy atom. The van der Waals surface area contributed by atoms with E-state index in [-0.39, 0.29) is 6.10 Å². The summed E-state index contributed by atoms with van der Waals surface area (Å²) < 4.78 is 5.66. The van der Waals surface area contributed by atoms with Gasteiger partial charge in [-0.1, -0.05) is 6.92 Å². The standard InChI is InChI=1S/C18H25N5O/c1-13(2)24-16-8-6-15(7-9-16)20-17-11-19-22-18(21-17)23-10-4-5-14(3)12-23/h6-9,11,13-14H,4-5,10,12H2,1-3H3,(H,20,21,22). The highest BCUT2D eigenvalue weighted by molar-refractivity contribution is 5.57. The third kappa shape index (κ3) is 4.34. The molecule has 0 bridgehead atoms. The van der Waals surface area contributed by atoms with E-state index in [2.05, 4.69) is 32.3 Å². The van der Waals surface area contributed by atoms with Crippen LogP contribution in [0.25, 0.3) is 0 Å². The molecule has 1 saturated heterocycles. The monoisotopic (exact) mass is 327 g/mol. The third-order valence-corrected chi connectivity index (χ3v) is 3.99. The van der Waals surface area contributed by atoms with Gasteiger partial charge in [0.05, 0.1) is 12.3 Å². The van der Waals surface area contributed by atoms with Gasteiger partial charge in [-0.05, 0) is 56.9 Å². The topological polar surface area (TPSA) is 63.2 Å². The summed E-state index contributed by atoms with van der Waals surface area (Å²) in [5.74, 6) is 2.94. The molecule has 1 N–H and O–H groups in total. The van der Waals surface area contributed by atoms with Crippen molar-refractivity contribution in [1.29, 1.82) is 0 Å². The number of hydrogen-bond acceptors (Lipinski definition) is 6. The van der Waals surface area contributed by atoms with E-state index in [1.165, 1.54) is 12.8 Å². The molecule has 1 aliphatic rings. The van der Waals surface area contributed by atoms with Gasteiger partial charge in [0.2, 0.25) is 5.95 Å². The average molecular weight is 327 g/mol. The SMILES string of the molecule is CC1CCCN(c2nncc(Nc3ccc(OC(C)C)cc3)n2)C1. The van der Waals surface area contributed by atoms with Crippen LogP contribution in [0.2, 0.25) is 0 Å². The van der Waals surface area contributed by atoms with Crippen LogP contribution < -0.4 is 15.0 Å². The van der Waals surface area contributed by atoms with E-state index >= 15 is 0 Å². The molecule has 2 aromatic rings. The predicted molar refractivity (Wildman–Crippen MR) is 95.9 cm³/mol. The summed E-state index contributed by atoms with van der Waals surface area (Å²) in [5.41, 5.74) is 0.949. The van der Waals surface area contributed by atoms with Gasteiger partial charge in [-0.25, -0.2) is 0 Å². The molecule has 0 aliphatic carbocycles. The van der Waals surface area contributed by atoms with Gasteiger partial charge in [0.15, 0.2) is 5.82 Å². The van der Waals surface area contributed by atoms with Crippen molar-refractivity contribution in [2.45, 2.75) is 39.7 Å². The zero-order chi connectivity index (χ0) is 16.9. The van der Waals surface area contributed by atoms with Gasteiger partial charge in [0.25, 0.3) is 0 Å². The van der Waals surface area contributed by atoms with E-state index in [0.717, 1.165) is 24.5 Å². The van der Waals surface area contributed by atoms with E-state index in [0.29, 0.717) is 17.7 Å². The number of anilines is 3. The Bertz CT molecular complexity index is 659. The quantitative estimate of drug-likeness (QED) is 0.904. The maximum atomic E-state index is 5.66. The summed E-state index contributed by atoms with van der Waals surface area (Å²) in [6.45, 7) is 8.29. The molecule has 0 radical (unpaired) electrons. The Kier molecular flexibility index (Phi) is 5.13. The zero-order valence-electron chi connectivity index (χ0n) is 14.6. The molecule has 1 aromatic heterocycles. The van der Waals surface area contributed by atoms with E-state index in [1.807, 2.05) is 38.1 Å². The highest BCUT2D eigenvalue weighted by Crippen LogP contribution is 2.22. The summed E-state index contributed by atoms with van der Waals surface area (Å²) in [6, 6.07) is 7.85. The zero-order valence-corrected chi connectivity index (χ0v) is 14.6. The Balaban J connectivity index is 1.68. The van der Waals surface area contributed by atoms with Crippen molar-refractivity contribution in [3.63, 3.8) is 0 Å². The Morgan fingerprint density at radius 3 is 2.75 bits per heavy atom. The molecule has 0 spiro atoms. The average Bonchev–Trinajstić information content (AvgIpc) is 2.56. The first-order chi connectivity index (χ1) is 11.6. The van der Waals surface area contributed by atoms with Crippen molar-refractivity contribution in [3.8, 4) is 5.75 Å². The Morgan fingerprint density at radius 1 is 1.25 bits per heavy atom. The van der Waals surface area contributed by atoms with Gasteiger partial charge < -0.3 is 15.0 Å². The van der Waals surface area contributed by atoms with Crippen LogP contribution in [0.15, 0.2) is 30.5 Å². The number of nitrogens with one attached hydrogen (secondary N) is 1. The number of ether oxygens (including phenoxy) is 1. The first kappa shape index (κ1) is 16.5. The molecule has 0 amide bonds. The molecule has 2 heterocycles. The first-order valence-electron chi connectivity index (χ1n) is 8.58. The van der Waals surface area contributed by atoms with Crippen LogP contribution in [0.3, 0.4) is 0 Å². The summed E-state index contributed by atoms with van der Waals surface area (Å²) in [4.78, 5) is 6.82. The molecule has 6 heteroatoms. The normalized spacial score (nSPS) is 17.8. The predicted octanol–water partition coefficient (Wildman–Crippen LogP) is 3.64. The molecule has 1 aliphatic heterocycles. The Labute approximate surface area is 143 Å². The number of aromatic nitrogens is 3. The number of benzene rings is 1. The molecule has 1 aromatic carbocycles. The van der Waals surface area contributed by atoms with Crippen molar-refractivity contribution in [2.24, 2.45) is 5.92 Å². The van der Waals surface area contributed by atoms with E-state index < -0.39 is 0 Å². The minimum Gasteiger partial charge on any atom is -0.491 e. The molecule has 1 atom stereocenters. The lowest BCUT2D eigenvalue weighted by molar-refractivity contribution is 0.242. The van der Waals surface area contributed by atoms with Crippen molar-refractivity contribution < 1.29 is 4.74 Å². The second-order valence-electron chi connectivity index (χ2n) is 6.65. The van der Waals surface area contributed by atoms with Gasteiger partial charge in [0.1, 0.15) is 5.75 Å². The van der Waals surface area contributed by atoms with Gasteiger partial charge in [-0.2, -0.15) is 10.1 Å². The van der Waals surface area contributed by atoms with Crippen molar-refractivity contribution in [1.82, 2.24) is 15.2 Å². The molecule has 128 valence electrons. The molecule has 6 nitrogen and oxygen atoms in total. The summed E-state index contributed by atoms with van der Waals surface area (Å²) in [5, 5.41) is 11.6. The molecule has 0 saturated carbocycles. The van der Waals surface area contributed by atoms with Crippen molar-refractivity contribution in [2.75, 3.05) is 23.3 Å². The minimum absolute atomic E-state index is 0.171. The van der Waals surface area contributed by atoms with Crippen LogP contribution in [0.1, 0.15) is 33.6 Å². The summed E-state index contributed by atoms with van der Waals surface area (Å²) in [7, 11) is 0. The van der Waals surface area contributed by atoms with Gasteiger partial charge in [-0.3, -0.25) is 0 Å². The Hall–Kier alpha value is -2.37. The maximum absolute atomic E-state index is 5.66. The summed E-state index contributed by atoms with van der Waals surface area (Å²) >= 11 is 0. The number of hydrogen-bond donors (Lipinski definition) is 1. The molecule has 1 unspecified atom stereocenters. The number of nitrogens with zero attached hydrogens (tertiary/aromatic N) is 4. The molecular weight excluding hydrogens is 302 g/mol. The van der Waals surface area contributed by atoms with E-state index in [4.69, 9.17) is 4.74 Å². The second kappa shape index (κ2) is 7.47. The molecule has 3 rings (SSSR count). The van der Waals surface area contributed by atoms with Crippen molar-refractivity contribution >= 4 is 17.5 Å². The number of piperidine rings is 1. The molecule has 1 fully saturated rings. The van der Waals surface area contributed by atoms with Crippen LogP contribution in [0.4, 0.5) is 17.5 Å². The van der Waals surface area contributed by atoms with Crippen LogP contribution in [0.5, 0.6) is 5.75 Å². The van der Waals surface area contributed by atoms with Crippen molar-refractivity contribution in [3.05, 3.63) is 30.5 Å². The highest BCUT2D eigenvalue weighted by atomic mass is 16.5. The minimum atomic E-state index is 0.171. The lowest BCUT2D eigenvalue weighted by Gasteiger charge is -2.30. The van der Waals surface area contributed by atoms with Crippen LogP contribution >= 0.6 is 0 Å². The maximum Gasteiger partial charge on any atom is 0.247 e. The fraction of sp³-hybridized carbons (Fsp3) is 0.500. The highest BCUT2D eigenvalue weighted by Gasteiger charge is 2.19. The molecular formula is C18H25N5O. The van der Waals surface area contributed by atoms with Gasteiger partial charge in [0, 0.05) is 18.8 Å². The summed E-state index contributed by atoms with van der Waals surface area (Å²) in [6.07, 6.45) is 4.27. The number of rotatable bonds is 5. The van der Waals surface area contributed by atoms with Gasteiger partial charge >= 0.3 is 0 Å². The lowest BCUT2D eigenvalue weighted by Crippen LogP contribution is -2.35. The van der Waals surface area contributed by atoms with Gasteiger partial charge in [-0.15, -0.1) is 5.10 Å². The van der Waals surface area contributed by atoms with Crippen LogP contribution in [0, 0.1) is 5.92 Å². The fourth-order valence-corrected chi connectivity index (χ4v) is 2.90. The van der Waals surface area contributed by atoms with Crippen LogP contribution in [-0.2, 0) is 0 Å². The third-order valence-electron chi connectivity index (χ3n) is 3.99. The van der Waals surface area contributed by atoms with Crippen LogP contribution in [-0.4, -0.2) is 34.4 Å². The van der Waals surface area contributed by atoms with E-state index in [9.17, 15) is 0 Å². The largest absolute Gasteiger partial charge is 0.491 e. The first-order valence-corrected chi connectivity index (χ1v) is 8.58. The molecule has 24 heavy (non-hydrogen) atoms. The smallest absolute Gasteiger partial charge is 0.247 e. The lowest BCUT2D eigenvalue weighted by atomic mass is 10.0. The van der Waals surface area contributed by atoms with E-state index in [1.54, 1.807) is 6.20 Å².